The van der Waals surface area contributed by atoms with Crippen LogP contribution in [0.2, 0.25) is 0 Å². The van der Waals surface area contributed by atoms with E-state index in [1.54, 1.807) is 12.0 Å². The fourth-order valence-electron chi connectivity index (χ4n) is 4.62. The first-order valence-corrected chi connectivity index (χ1v) is 11.3. The Morgan fingerprint density at radius 3 is 2.68 bits per heavy atom. The van der Waals surface area contributed by atoms with Gasteiger partial charge in [0, 0.05) is 37.3 Å². The van der Waals surface area contributed by atoms with E-state index in [-0.39, 0.29) is 18.0 Å². The van der Waals surface area contributed by atoms with Gasteiger partial charge in [0.1, 0.15) is 5.75 Å². The number of benzene rings is 2. The largest absolute Gasteiger partial charge is 0.494 e. The highest BCUT2D eigenvalue weighted by Gasteiger charge is 2.28. The Bertz CT molecular complexity index is 915. The maximum atomic E-state index is 13.1. The molecule has 0 bridgehead atoms. The minimum Gasteiger partial charge on any atom is -0.494 e. The predicted octanol–water partition coefficient (Wildman–Crippen LogP) is 4.84. The van der Waals surface area contributed by atoms with Crippen LogP contribution >= 0.6 is 0 Å². The van der Waals surface area contributed by atoms with Crippen molar-refractivity contribution in [1.29, 1.82) is 0 Å². The molecule has 164 valence electrons. The van der Waals surface area contributed by atoms with Crippen LogP contribution in [0.4, 0.5) is 16.2 Å². The highest BCUT2D eigenvalue weighted by molar-refractivity contribution is 5.97. The number of anilines is 2. The van der Waals surface area contributed by atoms with Gasteiger partial charge < -0.3 is 19.9 Å². The van der Waals surface area contributed by atoms with Crippen molar-refractivity contribution in [2.45, 2.75) is 51.0 Å². The number of methoxy groups -OCH3 is 1. The van der Waals surface area contributed by atoms with E-state index in [0.717, 1.165) is 50.8 Å². The van der Waals surface area contributed by atoms with E-state index >= 15 is 0 Å². The summed E-state index contributed by atoms with van der Waals surface area (Å²) in [5.41, 5.74) is 2.76. The van der Waals surface area contributed by atoms with E-state index in [0.29, 0.717) is 24.4 Å². The average Bonchev–Trinajstić information content (AvgIpc) is 3.24. The minimum atomic E-state index is -0.0650. The molecule has 2 aliphatic rings. The van der Waals surface area contributed by atoms with Gasteiger partial charge in [0.05, 0.1) is 12.8 Å². The second-order valence-electron chi connectivity index (χ2n) is 8.33. The third kappa shape index (κ3) is 5.01. The average molecular weight is 422 g/mol. The van der Waals surface area contributed by atoms with Crippen molar-refractivity contribution in [1.82, 2.24) is 4.90 Å². The van der Waals surface area contributed by atoms with Gasteiger partial charge in [-0.25, -0.2) is 4.79 Å². The lowest BCUT2D eigenvalue weighted by molar-refractivity contribution is -0.117. The van der Waals surface area contributed by atoms with Crippen molar-refractivity contribution in [2.75, 3.05) is 30.4 Å². The van der Waals surface area contributed by atoms with Crippen molar-refractivity contribution in [3.8, 4) is 5.75 Å². The molecule has 6 nitrogen and oxygen atoms in total. The molecule has 3 amide bonds. The van der Waals surface area contributed by atoms with Crippen molar-refractivity contribution >= 4 is 23.3 Å². The van der Waals surface area contributed by atoms with E-state index in [1.165, 1.54) is 5.56 Å². The first-order valence-electron chi connectivity index (χ1n) is 11.3. The number of hydrogen-bond acceptors (Lipinski definition) is 3. The number of likely N-dealkylation sites (tertiary alicyclic amines) is 1. The molecule has 0 aromatic heterocycles. The van der Waals surface area contributed by atoms with Crippen LogP contribution in [0.15, 0.2) is 48.5 Å². The van der Waals surface area contributed by atoms with E-state index < -0.39 is 0 Å². The minimum absolute atomic E-state index is 0.0650. The van der Waals surface area contributed by atoms with Gasteiger partial charge in [-0.1, -0.05) is 30.3 Å². The lowest BCUT2D eigenvalue weighted by Crippen LogP contribution is -2.46. The number of hydrogen-bond donors (Lipinski definition) is 1. The first kappa shape index (κ1) is 21.2. The number of carbonyl (C=O) groups excluding carboxylic acids is 2. The molecule has 0 spiro atoms. The van der Waals surface area contributed by atoms with Gasteiger partial charge in [0.2, 0.25) is 5.91 Å². The Morgan fingerprint density at radius 2 is 1.94 bits per heavy atom. The summed E-state index contributed by atoms with van der Waals surface area (Å²) in [5, 5.41) is 3.05. The molecule has 0 unspecified atom stereocenters. The zero-order valence-electron chi connectivity index (χ0n) is 18.2. The molecule has 4 rings (SSSR count). The highest BCUT2D eigenvalue weighted by Crippen LogP contribution is 2.34. The molecular weight excluding hydrogens is 390 g/mol. The van der Waals surface area contributed by atoms with Crippen molar-refractivity contribution in [3.05, 3.63) is 54.1 Å². The normalized spacial score (nSPS) is 18.9. The Labute approximate surface area is 184 Å². The fourth-order valence-corrected chi connectivity index (χ4v) is 4.62. The van der Waals surface area contributed by atoms with Gasteiger partial charge in [0.15, 0.2) is 0 Å². The van der Waals surface area contributed by atoms with E-state index in [9.17, 15) is 9.59 Å². The van der Waals surface area contributed by atoms with E-state index in [4.69, 9.17) is 4.74 Å². The lowest BCUT2D eigenvalue weighted by Gasteiger charge is -2.36. The van der Waals surface area contributed by atoms with Crippen molar-refractivity contribution in [3.63, 3.8) is 0 Å². The van der Waals surface area contributed by atoms with E-state index in [1.807, 2.05) is 29.2 Å². The summed E-state index contributed by atoms with van der Waals surface area (Å²) in [4.78, 5) is 28.9. The summed E-state index contributed by atoms with van der Waals surface area (Å²) in [6, 6.07) is 16.1. The number of nitrogens with zero attached hydrogens (tertiary/aromatic N) is 2. The van der Waals surface area contributed by atoms with Crippen LogP contribution in [-0.4, -0.2) is 43.1 Å². The summed E-state index contributed by atoms with van der Waals surface area (Å²) in [6.07, 6.45) is 6.61. The molecular formula is C25H31N3O3. The van der Waals surface area contributed by atoms with Gasteiger partial charge >= 0.3 is 6.03 Å². The topological polar surface area (TPSA) is 61.9 Å². The summed E-state index contributed by atoms with van der Waals surface area (Å²) in [5.74, 6) is 0.719. The van der Waals surface area contributed by atoms with Crippen LogP contribution in [0.1, 0.15) is 44.1 Å². The van der Waals surface area contributed by atoms with Crippen molar-refractivity contribution in [2.24, 2.45) is 0 Å². The number of ether oxygens (including phenoxy) is 1. The molecule has 2 aromatic rings. The van der Waals surface area contributed by atoms with Gasteiger partial charge in [-0.05, 0) is 56.2 Å². The molecule has 1 atom stereocenters. The number of nitrogens with one attached hydrogen (secondary N) is 1. The molecule has 0 radical (unpaired) electrons. The maximum Gasteiger partial charge on any atom is 0.322 e. The van der Waals surface area contributed by atoms with Crippen LogP contribution in [0.5, 0.6) is 5.75 Å². The van der Waals surface area contributed by atoms with Gasteiger partial charge in [-0.15, -0.1) is 0 Å². The number of piperidine rings is 1. The second-order valence-corrected chi connectivity index (χ2v) is 8.33. The smallest absolute Gasteiger partial charge is 0.322 e. The van der Waals surface area contributed by atoms with Gasteiger partial charge in [-0.2, -0.15) is 0 Å². The third-order valence-electron chi connectivity index (χ3n) is 6.29. The molecule has 2 aromatic carbocycles. The Balaban J connectivity index is 1.42. The summed E-state index contributed by atoms with van der Waals surface area (Å²) in [7, 11) is 1.59. The first-order chi connectivity index (χ1) is 15.2. The second kappa shape index (κ2) is 9.86. The van der Waals surface area contributed by atoms with Gasteiger partial charge in [0.25, 0.3) is 0 Å². The standard InChI is InChI=1S/C25H31N3O3/c1-31-23-18-20(13-15-22(23)28-17-7-11-24(28)29)26-25(30)27-16-6-5-10-21(27)14-12-19-8-3-2-4-9-19/h2-4,8-9,13,15,18,21H,5-7,10-12,14,16-17H2,1H3,(H,26,30)/t21-/m1/s1. The van der Waals surface area contributed by atoms with Crippen LogP contribution < -0.4 is 15.0 Å². The lowest BCUT2D eigenvalue weighted by atomic mass is 9.96. The Kier molecular flexibility index (Phi) is 6.75. The number of aryl methyl sites for hydroxylation is 1. The molecule has 2 heterocycles. The van der Waals surface area contributed by atoms with E-state index in [2.05, 4.69) is 29.6 Å². The van der Waals surface area contributed by atoms with Gasteiger partial charge in [-0.3, -0.25) is 4.79 Å². The number of amides is 3. The molecule has 2 aliphatic heterocycles. The highest BCUT2D eigenvalue weighted by atomic mass is 16.5. The Morgan fingerprint density at radius 1 is 1.10 bits per heavy atom. The molecule has 2 fully saturated rings. The molecule has 0 aliphatic carbocycles. The SMILES string of the molecule is COc1cc(NC(=O)N2CCCC[C@@H]2CCc2ccccc2)ccc1N1CCCC1=O. The summed E-state index contributed by atoms with van der Waals surface area (Å²) in [6.45, 7) is 1.49. The molecule has 6 heteroatoms. The van der Waals surface area contributed by atoms with Crippen LogP contribution in [0, 0.1) is 0 Å². The molecule has 0 saturated carbocycles. The zero-order valence-corrected chi connectivity index (χ0v) is 18.2. The van der Waals surface area contributed by atoms with Crippen LogP contribution in [-0.2, 0) is 11.2 Å². The summed E-state index contributed by atoms with van der Waals surface area (Å²) >= 11 is 0. The van der Waals surface area contributed by atoms with Crippen molar-refractivity contribution < 1.29 is 14.3 Å². The molecule has 1 N–H and O–H groups in total. The third-order valence-corrected chi connectivity index (χ3v) is 6.29. The number of rotatable bonds is 6. The quantitative estimate of drug-likeness (QED) is 0.726. The fraction of sp³-hybridized carbons (Fsp3) is 0.440. The molecule has 2 saturated heterocycles. The maximum absolute atomic E-state index is 13.1. The monoisotopic (exact) mass is 421 g/mol. The Hall–Kier alpha value is -3.02. The number of carbonyl (C=O) groups is 2. The zero-order chi connectivity index (χ0) is 21.6. The predicted molar refractivity (Wildman–Crippen MR) is 123 cm³/mol. The number of urea groups is 1. The summed E-state index contributed by atoms with van der Waals surface area (Å²) < 4.78 is 5.52. The molecule has 31 heavy (non-hydrogen) atoms. The van der Waals surface area contributed by atoms with Crippen LogP contribution in [0.25, 0.3) is 0 Å². The van der Waals surface area contributed by atoms with Crippen LogP contribution in [0.3, 0.4) is 0 Å².